The fraction of sp³-hybridized carbons (Fsp3) is 0.0714. The Hall–Kier alpha value is -1.40. The van der Waals surface area contributed by atoms with Crippen LogP contribution in [-0.4, -0.2) is 11.5 Å². The van der Waals surface area contributed by atoms with Crippen molar-refractivity contribution in [3.8, 4) is 5.75 Å². The van der Waals surface area contributed by atoms with E-state index >= 15 is 0 Å². The first-order valence-corrected chi connectivity index (χ1v) is 8.29. The quantitative estimate of drug-likeness (QED) is 0.781. The molecule has 0 spiro atoms. The summed E-state index contributed by atoms with van der Waals surface area (Å²) in [7, 11) is 1.70. The maximum absolute atomic E-state index is 5.30. The van der Waals surface area contributed by atoms with Crippen molar-refractivity contribution in [3.63, 3.8) is 0 Å². The zero-order valence-corrected chi connectivity index (χ0v) is 12.5. The summed E-state index contributed by atoms with van der Waals surface area (Å²) in [6.45, 7) is 0. The second-order valence-corrected chi connectivity index (χ2v) is 5.65. The third kappa shape index (κ3) is 3.54. The van der Waals surface area contributed by atoms with Crippen LogP contribution in [0.25, 0.3) is 0 Å². The van der Waals surface area contributed by atoms with Gasteiger partial charge in [0.05, 0.1) is 0 Å². The van der Waals surface area contributed by atoms with E-state index in [-0.39, 0.29) is 0 Å². The van der Waals surface area contributed by atoms with Gasteiger partial charge in [-0.25, -0.2) is 0 Å². The molecule has 3 heteroatoms. The molecule has 0 aliphatic carbocycles. The topological polar surface area (TPSA) is 21.6 Å². The molecule has 2 rings (SSSR count). The van der Waals surface area contributed by atoms with Gasteiger partial charge in [-0.05, 0) is 0 Å². The van der Waals surface area contributed by atoms with Crippen molar-refractivity contribution >= 4 is 10.1 Å². The summed E-state index contributed by atoms with van der Waals surface area (Å²) in [5.74, 6) is 0.927. The Labute approximate surface area is 109 Å². The van der Waals surface area contributed by atoms with Crippen LogP contribution in [0.4, 0.5) is 5.69 Å². The van der Waals surface area contributed by atoms with E-state index in [4.69, 9.17) is 4.74 Å². The van der Waals surface area contributed by atoms with Crippen molar-refractivity contribution in [3.05, 3.63) is 60.2 Å². The van der Waals surface area contributed by atoms with Crippen molar-refractivity contribution in [2.75, 3.05) is 7.11 Å². The molecule has 0 unspecified atom stereocenters. The average Bonchev–Trinajstić information content (AvgIpc) is 2.40. The summed E-state index contributed by atoms with van der Waals surface area (Å²) in [4.78, 5) is 0. The molecule has 0 radical (unpaired) electrons. The average molecular weight is 395 g/mol. The van der Waals surface area contributed by atoms with Crippen molar-refractivity contribution in [2.45, 2.75) is 0 Å². The van der Waals surface area contributed by atoms with Gasteiger partial charge in [0, 0.05) is 0 Å². The van der Waals surface area contributed by atoms with E-state index in [9.17, 15) is 0 Å². The number of para-hydroxylation sites is 1. The molecule has 0 aliphatic heterocycles. The molecular weight excluding hydrogens is 382 g/mol. The Balaban J connectivity index is 2.23. The van der Waals surface area contributed by atoms with Gasteiger partial charge in [-0.1, -0.05) is 0 Å². The normalized spacial score (nSPS) is 9.47. The van der Waals surface area contributed by atoms with E-state index in [2.05, 4.69) is 14.0 Å². The Bertz CT molecular complexity index is 545. The standard InChI is InChI=1S/C8H8O.C6H5N.W/c1-7-5-3-4-6-8(7)9-2;7-6-4-2-1-3-5-6;/h1,3-6H,2H3;1-5H;. The summed E-state index contributed by atoms with van der Waals surface area (Å²) < 4.78 is 12.2. The van der Waals surface area contributed by atoms with Crippen LogP contribution in [0.15, 0.2) is 58.1 Å². The van der Waals surface area contributed by atoms with Crippen LogP contribution < -0.4 is 4.74 Å². The van der Waals surface area contributed by atoms with E-state index in [0.29, 0.717) is 0 Å². The summed E-state index contributed by atoms with van der Waals surface area (Å²) in [6, 6.07) is 18.2. The van der Waals surface area contributed by atoms with Gasteiger partial charge in [0.1, 0.15) is 0 Å². The van der Waals surface area contributed by atoms with Crippen molar-refractivity contribution in [1.82, 2.24) is 0 Å². The number of hydrogen-bond acceptors (Lipinski definition) is 2. The molecule has 0 atom stereocenters. The molecule has 0 amide bonds. The SMILES string of the molecule is COc1ccccc1[CH]=[W]=[N]c1ccccc1. The maximum atomic E-state index is 5.30. The summed E-state index contributed by atoms with van der Waals surface area (Å²) in [5.41, 5.74) is 2.23. The van der Waals surface area contributed by atoms with Crippen LogP contribution in [-0.2, 0) is 17.9 Å². The molecule has 86 valence electrons. The molecular formula is C14H13NOW. The number of rotatable bonds is 3. The Morgan fingerprint density at radius 1 is 1.00 bits per heavy atom. The third-order valence-corrected chi connectivity index (χ3v) is 4.66. The first-order chi connectivity index (χ1) is 8.40. The van der Waals surface area contributed by atoms with E-state index in [0.717, 1.165) is 17.0 Å². The van der Waals surface area contributed by atoms with Crippen LogP contribution in [0.2, 0.25) is 0 Å². The molecule has 2 nitrogen and oxygen atoms in total. The molecule has 0 aliphatic rings. The molecule has 2 aromatic carbocycles. The molecule has 0 aromatic heterocycles. The van der Waals surface area contributed by atoms with Crippen LogP contribution in [0.5, 0.6) is 5.75 Å². The molecule has 0 N–H and O–H groups in total. The monoisotopic (exact) mass is 395 g/mol. The fourth-order valence-electron chi connectivity index (χ4n) is 1.40. The fourth-order valence-corrected chi connectivity index (χ4v) is 3.57. The van der Waals surface area contributed by atoms with Crippen LogP contribution in [0.3, 0.4) is 0 Å². The minimum absolute atomic E-state index is 0.847. The van der Waals surface area contributed by atoms with E-state index in [1.165, 1.54) is 0 Å². The molecule has 2 aromatic rings. The predicted molar refractivity (Wildman–Crippen MR) is 66.7 cm³/mol. The second kappa shape index (κ2) is 6.36. The van der Waals surface area contributed by atoms with E-state index in [1.807, 2.05) is 48.5 Å². The van der Waals surface area contributed by atoms with Gasteiger partial charge in [-0.15, -0.1) is 0 Å². The zero-order chi connectivity index (χ0) is 11.9. The van der Waals surface area contributed by atoms with Crippen molar-refractivity contribution < 1.29 is 22.7 Å². The summed E-state index contributed by atoms with van der Waals surface area (Å²) in [6.07, 6.45) is 0. The minimum atomic E-state index is -0.847. The first-order valence-electron chi connectivity index (χ1n) is 5.28. The van der Waals surface area contributed by atoms with Gasteiger partial charge in [0.2, 0.25) is 0 Å². The first kappa shape index (κ1) is 12.1. The van der Waals surface area contributed by atoms with Gasteiger partial charge >= 0.3 is 109 Å². The van der Waals surface area contributed by atoms with Gasteiger partial charge < -0.3 is 0 Å². The van der Waals surface area contributed by atoms with Crippen molar-refractivity contribution in [2.24, 2.45) is 3.50 Å². The number of nitrogens with zero attached hydrogens (tertiary/aromatic N) is 1. The molecule has 0 fully saturated rings. The Kier molecular flexibility index (Phi) is 4.52. The Morgan fingerprint density at radius 2 is 1.71 bits per heavy atom. The van der Waals surface area contributed by atoms with E-state index in [1.54, 1.807) is 7.11 Å². The van der Waals surface area contributed by atoms with E-state index < -0.39 is 17.9 Å². The van der Waals surface area contributed by atoms with Crippen LogP contribution in [0.1, 0.15) is 5.56 Å². The molecule has 0 saturated carbocycles. The molecule has 17 heavy (non-hydrogen) atoms. The number of methoxy groups -OCH3 is 1. The van der Waals surface area contributed by atoms with Crippen LogP contribution >= 0.6 is 0 Å². The van der Waals surface area contributed by atoms with Gasteiger partial charge in [-0.3, -0.25) is 0 Å². The van der Waals surface area contributed by atoms with Gasteiger partial charge in [0.25, 0.3) is 0 Å². The van der Waals surface area contributed by atoms with Crippen molar-refractivity contribution in [1.29, 1.82) is 0 Å². The summed E-state index contributed by atoms with van der Waals surface area (Å²) >= 11 is -0.847. The predicted octanol–water partition coefficient (Wildman–Crippen LogP) is 3.44. The van der Waals surface area contributed by atoms with Gasteiger partial charge in [-0.2, -0.15) is 0 Å². The second-order valence-electron chi connectivity index (χ2n) is 3.39. The third-order valence-electron chi connectivity index (χ3n) is 2.23. The molecule has 0 saturated heterocycles. The molecule has 0 bridgehead atoms. The molecule has 0 heterocycles. The number of benzene rings is 2. The number of ether oxygens (including phenoxy) is 1. The zero-order valence-electron chi connectivity index (χ0n) is 9.54. The van der Waals surface area contributed by atoms with Gasteiger partial charge in [0.15, 0.2) is 0 Å². The Morgan fingerprint density at radius 3 is 2.47 bits per heavy atom. The summed E-state index contributed by atoms with van der Waals surface area (Å²) in [5, 5.41) is 0. The number of hydrogen-bond donors (Lipinski definition) is 0. The van der Waals surface area contributed by atoms with Crippen LogP contribution in [0, 0.1) is 0 Å².